The minimum absolute atomic E-state index is 0.0206. The lowest BCUT2D eigenvalue weighted by molar-refractivity contribution is 0.595. The number of hydrogen-bond acceptors (Lipinski definition) is 4. The number of nitrogens with one attached hydrogen (secondary N) is 1. The summed E-state index contributed by atoms with van der Waals surface area (Å²) in [6.45, 7) is 2.99. The van der Waals surface area contributed by atoms with Crippen molar-refractivity contribution >= 4 is 9.84 Å². The number of pyridine rings is 1. The first-order chi connectivity index (χ1) is 10.0. The van der Waals surface area contributed by atoms with Crippen molar-refractivity contribution in [3.05, 3.63) is 59.9 Å². The number of aromatic nitrogens is 1. The molecule has 0 aliphatic rings. The molecule has 2 rings (SSSR count). The largest absolute Gasteiger partial charge is 0.306 e. The van der Waals surface area contributed by atoms with E-state index in [1.165, 1.54) is 6.26 Å². The zero-order chi connectivity index (χ0) is 15.3. The third kappa shape index (κ3) is 4.12. The number of nitrogens with zero attached hydrogens (tertiary/aromatic N) is 1. The zero-order valence-corrected chi connectivity index (χ0v) is 13.1. The molecule has 112 valence electrons. The van der Waals surface area contributed by atoms with Gasteiger partial charge in [0.05, 0.1) is 10.9 Å². The predicted octanol–water partition coefficient (Wildman–Crippen LogP) is 2.57. The van der Waals surface area contributed by atoms with Crippen LogP contribution in [0.5, 0.6) is 0 Å². The Kier molecular flexibility index (Phi) is 5.09. The quantitative estimate of drug-likeness (QED) is 0.891. The molecule has 0 radical (unpaired) electrons. The number of sulfone groups is 1. The van der Waals surface area contributed by atoms with Crippen LogP contribution in [-0.2, 0) is 9.84 Å². The summed E-state index contributed by atoms with van der Waals surface area (Å²) in [5.74, 6) is 0. The van der Waals surface area contributed by atoms with Crippen LogP contribution < -0.4 is 5.32 Å². The van der Waals surface area contributed by atoms with Crippen molar-refractivity contribution in [2.24, 2.45) is 0 Å². The molecule has 0 saturated heterocycles. The van der Waals surface area contributed by atoms with Gasteiger partial charge in [0.2, 0.25) is 0 Å². The second-order valence-electron chi connectivity index (χ2n) is 5.01. The maximum Gasteiger partial charge on any atom is 0.175 e. The fraction of sp³-hybridized carbons (Fsp3) is 0.312. The number of hydrogen-bond donors (Lipinski definition) is 1. The standard InChI is InChI=1S/C16H20N2O2S/c1-3-10-18-16(14-5-4-11-17-12-14)13-6-8-15(9-7-13)21(2,19)20/h4-9,11-12,16,18H,3,10H2,1-2H3. The van der Waals surface area contributed by atoms with E-state index in [0.29, 0.717) is 4.90 Å². The van der Waals surface area contributed by atoms with Crippen LogP contribution in [0.1, 0.15) is 30.5 Å². The first-order valence-corrected chi connectivity index (χ1v) is 8.85. The van der Waals surface area contributed by atoms with Crippen LogP contribution in [0.4, 0.5) is 0 Å². The molecule has 1 N–H and O–H groups in total. The van der Waals surface area contributed by atoms with Crippen molar-refractivity contribution in [2.75, 3.05) is 12.8 Å². The lowest BCUT2D eigenvalue weighted by atomic mass is 10.00. The smallest absolute Gasteiger partial charge is 0.175 e. The van der Waals surface area contributed by atoms with Gasteiger partial charge < -0.3 is 5.32 Å². The zero-order valence-electron chi connectivity index (χ0n) is 12.3. The van der Waals surface area contributed by atoms with E-state index in [1.54, 1.807) is 18.3 Å². The van der Waals surface area contributed by atoms with Crippen molar-refractivity contribution in [2.45, 2.75) is 24.3 Å². The van der Waals surface area contributed by atoms with Gasteiger partial charge >= 0.3 is 0 Å². The summed E-state index contributed by atoms with van der Waals surface area (Å²) < 4.78 is 23.1. The summed E-state index contributed by atoms with van der Waals surface area (Å²) in [6, 6.07) is 11.0. The van der Waals surface area contributed by atoms with Gasteiger partial charge in [-0.15, -0.1) is 0 Å². The van der Waals surface area contributed by atoms with Gasteiger partial charge in [-0.25, -0.2) is 8.42 Å². The molecule has 1 unspecified atom stereocenters. The summed E-state index contributed by atoms with van der Waals surface area (Å²) in [6.07, 6.45) is 5.82. The Morgan fingerprint density at radius 1 is 1.14 bits per heavy atom. The van der Waals surface area contributed by atoms with Gasteiger partial charge in [0.25, 0.3) is 0 Å². The van der Waals surface area contributed by atoms with Crippen LogP contribution in [0.2, 0.25) is 0 Å². The van der Waals surface area contributed by atoms with Gasteiger partial charge in [0.15, 0.2) is 9.84 Å². The normalized spacial score (nSPS) is 13.0. The molecule has 1 aromatic heterocycles. The molecule has 0 aliphatic heterocycles. The summed E-state index contributed by atoms with van der Waals surface area (Å²) >= 11 is 0. The Morgan fingerprint density at radius 2 is 1.86 bits per heavy atom. The van der Waals surface area contributed by atoms with Crippen LogP contribution in [0.3, 0.4) is 0 Å². The molecule has 1 heterocycles. The van der Waals surface area contributed by atoms with Crippen LogP contribution in [0.25, 0.3) is 0 Å². The Labute approximate surface area is 126 Å². The summed E-state index contributed by atoms with van der Waals surface area (Å²) in [4.78, 5) is 4.50. The van der Waals surface area contributed by atoms with E-state index in [1.807, 2.05) is 30.5 Å². The second-order valence-corrected chi connectivity index (χ2v) is 7.03. The van der Waals surface area contributed by atoms with E-state index in [2.05, 4.69) is 17.2 Å². The minimum atomic E-state index is -3.16. The van der Waals surface area contributed by atoms with Crippen LogP contribution >= 0.6 is 0 Å². The van der Waals surface area contributed by atoms with E-state index in [9.17, 15) is 8.42 Å². The maximum atomic E-state index is 11.5. The van der Waals surface area contributed by atoms with Gasteiger partial charge in [-0.05, 0) is 42.3 Å². The topological polar surface area (TPSA) is 59.1 Å². The first kappa shape index (κ1) is 15.7. The van der Waals surface area contributed by atoms with Crippen molar-refractivity contribution in [1.29, 1.82) is 0 Å². The molecule has 2 aromatic rings. The summed E-state index contributed by atoms with van der Waals surface area (Å²) in [5.41, 5.74) is 2.10. The van der Waals surface area contributed by atoms with E-state index < -0.39 is 9.84 Å². The molecule has 4 nitrogen and oxygen atoms in total. The van der Waals surface area contributed by atoms with Crippen LogP contribution in [0.15, 0.2) is 53.7 Å². The minimum Gasteiger partial charge on any atom is -0.306 e. The highest BCUT2D eigenvalue weighted by Crippen LogP contribution is 2.22. The van der Waals surface area contributed by atoms with Crippen LogP contribution in [-0.4, -0.2) is 26.2 Å². The van der Waals surface area contributed by atoms with Crippen LogP contribution in [0, 0.1) is 0 Å². The van der Waals surface area contributed by atoms with Crippen molar-refractivity contribution in [3.63, 3.8) is 0 Å². The fourth-order valence-electron chi connectivity index (χ4n) is 2.17. The summed E-state index contributed by atoms with van der Waals surface area (Å²) in [7, 11) is -3.16. The van der Waals surface area contributed by atoms with Crippen molar-refractivity contribution in [3.8, 4) is 0 Å². The Balaban J connectivity index is 2.33. The molecule has 0 fully saturated rings. The van der Waals surface area contributed by atoms with Gasteiger partial charge in [0.1, 0.15) is 0 Å². The average Bonchev–Trinajstić information content (AvgIpc) is 2.48. The molecule has 0 amide bonds. The van der Waals surface area contributed by atoms with E-state index in [-0.39, 0.29) is 6.04 Å². The maximum absolute atomic E-state index is 11.5. The molecule has 21 heavy (non-hydrogen) atoms. The van der Waals surface area contributed by atoms with Crippen molar-refractivity contribution in [1.82, 2.24) is 10.3 Å². The highest BCUT2D eigenvalue weighted by atomic mass is 32.2. The van der Waals surface area contributed by atoms with Gasteiger partial charge in [-0.3, -0.25) is 4.98 Å². The Hall–Kier alpha value is -1.72. The number of rotatable bonds is 6. The third-order valence-corrected chi connectivity index (χ3v) is 4.39. The molecule has 5 heteroatoms. The van der Waals surface area contributed by atoms with E-state index in [0.717, 1.165) is 24.1 Å². The fourth-order valence-corrected chi connectivity index (χ4v) is 2.80. The molecule has 0 saturated carbocycles. The van der Waals surface area contributed by atoms with E-state index in [4.69, 9.17) is 0 Å². The van der Waals surface area contributed by atoms with Gasteiger partial charge in [-0.2, -0.15) is 0 Å². The van der Waals surface area contributed by atoms with Crippen molar-refractivity contribution < 1.29 is 8.42 Å². The molecule has 0 spiro atoms. The third-order valence-electron chi connectivity index (χ3n) is 3.26. The molecule has 0 bridgehead atoms. The molecular weight excluding hydrogens is 284 g/mol. The molecule has 1 aromatic carbocycles. The number of benzene rings is 1. The highest BCUT2D eigenvalue weighted by molar-refractivity contribution is 7.90. The Bertz CT molecular complexity index is 667. The van der Waals surface area contributed by atoms with E-state index >= 15 is 0 Å². The second kappa shape index (κ2) is 6.83. The predicted molar refractivity (Wildman–Crippen MR) is 83.9 cm³/mol. The molecule has 0 aliphatic carbocycles. The molecular formula is C16H20N2O2S. The van der Waals surface area contributed by atoms with Gasteiger partial charge in [-0.1, -0.05) is 25.1 Å². The highest BCUT2D eigenvalue weighted by Gasteiger charge is 2.14. The lowest BCUT2D eigenvalue weighted by Crippen LogP contribution is -2.23. The van der Waals surface area contributed by atoms with Gasteiger partial charge in [0, 0.05) is 18.6 Å². The average molecular weight is 304 g/mol. The summed E-state index contributed by atoms with van der Waals surface area (Å²) in [5, 5.41) is 3.47. The monoisotopic (exact) mass is 304 g/mol. The first-order valence-electron chi connectivity index (χ1n) is 6.95. The Morgan fingerprint density at radius 3 is 2.38 bits per heavy atom. The SMILES string of the molecule is CCCNC(c1ccc(S(C)(=O)=O)cc1)c1cccnc1. The molecule has 1 atom stereocenters. The lowest BCUT2D eigenvalue weighted by Gasteiger charge is -2.19.